The monoisotopic (exact) mass is 316 g/mol. The summed E-state index contributed by atoms with van der Waals surface area (Å²) in [5, 5.41) is 8.83. The second kappa shape index (κ2) is 5.77. The lowest BCUT2D eigenvalue weighted by atomic mass is 10.1. The van der Waals surface area contributed by atoms with Crippen LogP contribution in [0.15, 0.2) is 40.9 Å². The number of hydrogen-bond donors (Lipinski definition) is 1. The molecule has 2 rings (SSSR count). The van der Waals surface area contributed by atoms with Crippen molar-refractivity contribution in [3.8, 4) is 11.8 Å². The summed E-state index contributed by atoms with van der Waals surface area (Å²) >= 11 is 3.42. The number of nitrogens with zero attached hydrogens (tertiary/aromatic N) is 1. The standard InChI is InChI=1S/C15H13BrN2O/c1-10-6-11(8-17)2-3-12(10)9-19-15-7-13(18)4-5-14(15)16/h2-7H,9,18H2,1H3. The van der Waals surface area contributed by atoms with E-state index in [1.165, 1.54) is 0 Å². The fraction of sp³-hybridized carbons (Fsp3) is 0.133. The molecule has 96 valence electrons. The van der Waals surface area contributed by atoms with Crippen molar-refractivity contribution in [2.24, 2.45) is 0 Å². The lowest BCUT2D eigenvalue weighted by Gasteiger charge is -2.11. The van der Waals surface area contributed by atoms with Gasteiger partial charge in [0.15, 0.2) is 0 Å². The number of ether oxygens (including phenoxy) is 1. The van der Waals surface area contributed by atoms with Crippen LogP contribution in [0.5, 0.6) is 5.75 Å². The molecule has 2 aromatic rings. The molecule has 0 fully saturated rings. The Morgan fingerprint density at radius 2 is 2.05 bits per heavy atom. The van der Waals surface area contributed by atoms with Gasteiger partial charge in [-0.2, -0.15) is 5.26 Å². The van der Waals surface area contributed by atoms with Crippen molar-refractivity contribution in [1.82, 2.24) is 0 Å². The third-order valence-electron chi connectivity index (χ3n) is 2.81. The molecule has 0 radical (unpaired) electrons. The zero-order valence-corrected chi connectivity index (χ0v) is 12.1. The van der Waals surface area contributed by atoms with E-state index < -0.39 is 0 Å². The summed E-state index contributed by atoms with van der Waals surface area (Å²) < 4.78 is 6.62. The molecule has 0 bridgehead atoms. The summed E-state index contributed by atoms with van der Waals surface area (Å²) in [5.41, 5.74) is 9.14. The van der Waals surface area contributed by atoms with Crippen LogP contribution in [-0.4, -0.2) is 0 Å². The Morgan fingerprint density at radius 3 is 2.74 bits per heavy atom. The number of aryl methyl sites for hydroxylation is 1. The Morgan fingerprint density at radius 1 is 1.26 bits per heavy atom. The molecule has 2 aromatic carbocycles. The van der Waals surface area contributed by atoms with Crippen molar-refractivity contribution in [1.29, 1.82) is 5.26 Å². The van der Waals surface area contributed by atoms with Gasteiger partial charge in [0, 0.05) is 11.8 Å². The number of nitrogen functional groups attached to an aromatic ring is 1. The van der Waals surface area contributed by atoms with Crippen molar-refractivity contribution < 1.29 is 4.74 Å². The first kappa shape index (κ1) is 13.4. The Labute approximate surface area is 120 Å². The molecule has 0 saturated carbocycles. The fourth-order valence-electron chi connectivity index (χ4n) is 1.71. The van der Waals surface area contributed by atoms with Crippen LogP contribution < -0.4 is 10.5 Å². The van der Waals surface area contributed by atoms with Gasteiger partial charge in [0.25, 0.3) is 0 Å². The molecule has 0 aliphatic rings. The summed E-state index contributed by atoms with van der Waals surface area (Å²) in [5.74, 6) is 0.712. The number of benzene rings is 2. The Hall–Kier alpha value is -1.99. The normalized spacial score (nSPS) is 9.95. The van der Waals surface area contributed by atoms with E-state index >= 15 is 0 Å². The lowest BCUT2D eigenvalue weighted by Crippen LogP contribution is -1.99. The molecule has 0 heterocycles. The van der Waals surface area contributed by atoms with Crippen LogP contribution in [0.3, 0.4) is 0 Å². The number of anilines is 1. The minimum Gasteiger partial charge on any atom is -0.488 e. The van der Waals surface area contributed by atoms with Crippen LogP contribution in [-0.2, 0) is 6.61 Å². The van der Waals surface area contributed by atoms with Gasteiger partial charge in [0.1, 0.15) is 12.4 Å². The van der Waals surface area contributed by atoms with Gasteiger partial charge >= 0.3 is 0 Å². The van der Waals surface area contributed by atoms with Gasteiger partial charge in [-0.3, -0.25) is 0 Å². The largest absolute Gasteiger partial charge is 0.488 e. The number of nitrogens with two attached hydrogens (primary N) is 1. The van der Waals surface area contributed by atoms with Crippen molar-refractivity contribution >= 4 is 21.6 Å². The second-order valence-corrected chi connectivity index (χ2v) is 5.09. The Bertz CT molecular complexity index is 647. The van der Waals surface area contributed by atoms with Gasteiger partial charge in [-0.15, -0.1) is 0 Å². The topological polar surface area (TPSA) is 59.0 Å². The lowest BCUT2D eigenvalue weighted by molar-refractivity contribution is 0.303. The maximum absolute atomic E-state index is 8.83. The molecule has 0 unspecified atom stereocenters. The van der Waals surface area contributed by atoms with Crippen LogP contribution in [0, 0.1) is 18.3 Å². The molecule has 0 aliphatic carbocycles. The quantitative estimate of drug-likeness (QED) is 0.876. The number of nitriles is 1. The molecule has 4 heteroatoms. The summed E-state index contributed by atoms with van der Waals surface area (Å²) in [7, 11) is 0. The van der Waals surface area contributed by atoms with E-state index in [1.807, 2.05) is 31.2 Å². The first-order valence-corrected chi connectivity index (χ1v) is 6.57. The molecular formula is C15H13BrN2O. The second-order valence-electron chi connectivity index (χ2n) is 4.23. The molecule has 0 amide bonds. The van der Waals surface area contributed by atoms with E-state index in [2.05, 4.69) is 22.0 Å². The highest BCUT2D eigenvalue weighted by Gasteiger charge is 2.04. The van der Waals surface area contributed by atoms with Crippen molar-refractivity contribution in [3.05, 3.63) is 57.6 Å². The van der Waals surface area contributed by atoms with Crippen molar-refractivity contribution in [2.45, 2.75) is 13.5 Å². The molecule has 0 aliphatic heterocycles. The predicted molar refractivity (Wildman–Crippen MR) is 78.8 cm³/mol. The van der Waals surface area contributed by atoms with Crippen LogP contribution in [0.25, 0.3) is 0 Å². The highest BCUT2D eigenvalue weighted by molar-refractivity contribution is 9.10. The zero-order valence-electron chi connectivity index (χ0n) is 10.5. The average Bonchev–Trinajstić information content (AvgIpc) is 2.40. The third-order valence-corrected chi connectivity index (χ3v) is 3.47. The molecule has 2 N–H and O–H groups in total. The Kier molecular flexibility index (Phi) is 4.08. The van der Waals surface area contributed by atoms with Crippen molar-refractivity contribution in [3.63, 3.8) is 0 Å². The SMILES string of the molecule is Cc1cc(C#N)ccc1COc1cc(N)ccc1Br. The molecule has 19 heavy (non-hydrogen) atoms. The van der Waals surface area contributed by atoms with Gasteiger partial charge in [-0.05, 0) is 58.2 Å². The summed E-state index contributed by atoms with van der Waals surface area (Å²) in [4.78, 5) is 0. The summed E-state index contributed by atoms with van der Waals surface area (Å²) in [6.45, 7) is 2.41. The molecule has 0 spiro atoms. The first-order chi connectivity index (χ1) is 9.10. The van der Waals surface area contributed by atoms with E-state index in [1.54, 1.807) is 12.1 Å². The number of halogens is 1. The highest BCUT2D eigenvalue weighted by Crippen LogP contribution is 2.28. The average molecular weight is 317 g/mol. The maximum Gasteiger partial charge on any atom is 0.136 e. The van der Waals surface area contributed by atoms with Gasteiger partial charge in [-0.25, -0.2) is 0 Å². The number of rotatable bonds is 3. The van der Waals surface area contributed by atoms with E-state index in [-0.39, 0.29) is 0 Å². The molecule has 0 aromatic heterocycles. The smallest absolute Gasteiger partial charge is 0.136 e. The first-order valence-electron chi connectivity index (χ1n) is 5.77. The van der Waals surface area contributed by atoms with Gasteiger partial charge in [0.2, 0.25) is 0 Å². The molecule has 0 saturated heterocycles. The predicted octanol–water partition coefficient (Wildman–Crippen LogP) is 3.79. The molecule has 3 nitrogen and oxygen atoms in total. The van der Waals surface area contributed by atoms with E-state index in [9.17, 15) is 0 Å². The minimum atomic E-state index is 0.444. The van der Waals surface area contributed by atoms with Crippen LogP contribution >= 0.6 is 15.9 Å². The number of hydrogen-bond acceptors (Lipinski definition) is 3. The van der Waals surface area contributed by atoms with Gasteiger partial charge in [-0.1, -0.05) is 6.07 Å². The van der Waals surface area contributed by atoms with E-state index in [0.29, 0.717) is 23.6 Å². The summed E-state index contributed by atoms with van der Waals surface area (Å²) in [6, 6.07) is 13.1. The highest BCUT2D eigenvalue weighted by atomic mass is 79.9. The third kappa shape index (κ3) is 3.27. The fourth-order valence-corrected chi connectivity index (χ4v) is 2.07. The van der Waals surface area contributed by atoms with Crippen LogP contribution in [0.4, 0.5) is 5.69 Å². The molecular weight excluding hydrogens is 304 g/mol. The van der Waals surface area contributed by atoms with E-state index in [0.717, 1.165) is 15.6 Å². The van der Waals surface area contributed by atoms with Crippen LogP contribution in [0.1, 0.15) is 16.7 Å². The summed E-state index contributed by atoms with van der Waals surface area (Å²) in [6.07, 6.45) is 0. The minimum absolute atomic E-state index is 0.444. The molecule has 0 atom stereocenters. The zero-order chi connectivity index (χ0) is 13.8. The van der Waals surface area contributed by atoms with Gasteiger partial charge in [0.05, 0.1) is 16.1 Å². The Balaban J connectivity index is 2.15. The van der Waals surface area contributed by atoms with E-state index in [4.69, 9.17) is 15.7 Å². The van der Waals surface area contributed by atoms with Crippen molar-refractivity contribution in [2.75, 3.05) is 5.73 Å². The van der Waals surface area contributed by atoms with Gasteiger partial charge < -0.3 is 10.5 Å². The maximum atomic E-state index is 8.83. The van der Waals surface area contributed by atoms with Crippen LogP contribution in [0.2, 0.25) is 0 Å².